The van der Waals surface area contributed by atoms with Crippen molar-refractivity contribution in [2.75, 3.05) is 20.1 Å². The van der Waals surface area contributed by atoms with E-state index in [9.17, 15) is 14.4 Å². The fraction of sp³-hybridized carbons (Fsp3) is 0.750. The molecule has 19 heavy (non-hydrogen) atoms. The zero-order valence-electron chi connectivity index (χ0n) is 11.7. The van der Waals surface area contributed by atoms with E-state index in [1.54, 1.807) is 7.05 Å². The molecule has 0 radical (unpaired) electrons. The van der Waals surface area contributed by atoms with E-state index in [2.05, 4.69) is 5.32 Å². The Kier molecular flexibility index (Phi) is 7.74. The number of carbonyl (C=O) groups is 3. The average Bonchev–Trinajstić information content (AvgIpc) is 2.33. The maximum absolute atomic E-state index is 11.6. The number of hydrogen-bond acceptors (Lipinski definition) is 4. The lowest BCUT2D eigenvalue weighted by Crippen LogP contribution is -2.47. The molecule has 0 fully saturated rings. The Balaban J connectivity index is 3.96. The van der Waals surface area contributed by atoms with Gasteiger partial charge in [0.25, 0.3) is 0 Å². The Morgan fingerprint density at radius 3 is 2.37 bits per heavy atom. The van der Waals surface area contributed by atoms with Gasteiger partial charge >= 0.3 is 5.97 Å². The van der Waals surface area contributed by atoms with E-state index >= 15 is 0 Å². The van der Waals surface area contributed by atoms with Crippen LogP contribution in [-0.4, -0.2) is 54.0 Å². The number of rotatable bonds is 8. The highest BCUT2D eigenvalue weighted by molar-refractivity contribution is 5.87. The van der Waals surface area contributed by atoms with Crippen molar-refractivity contribution in [1.29, 1.82) is 0 Å². The van der Waals surface area contributed by atoms with Crippen LogP contribution in [0.5, 0.6) is 0 Å². The number of carboxylic acids is 1. The van der Waals surface area contributed by atoms with Crippen molar-refractivity contribution in [3.8, 4) is 0 Å². The maximum Gasteiger partial charge on any atom is 0.303 e. The third kappa shape index (κ3) is 7.40. The summed E-state index contributed by atoms with van der Waals surface area (Å²) in [5, 5.41) is 11.0. The zero-order valence-corrected chi connectivity index (χ0v) is 11.7. The van der Waals surface area contributed by atoms with Gasteiger partial charge in [0.05, 0.1) is 12.6 Å². The number of carboxylic acid groups (broad SMARTS) is 1. The van der Waals surface area contributed by atoms with Crippen molar-refractivity contribution >= 4 is 17.8 Å². The predicted molar refractivity (Wildman–Crippen MR) is 70.3 cm³/mol. The van der Waals surface area contributed by atoms with E-state index < -0.39 is 12.0 Å². The molecule has 0 rings (SSSR count). The van der Waals surface area contributed by atoms with Gasteiger partial charge in [0, 0.05) is 20.0 Å². The first-order valence-electron chi connectivity index (χ1n) is 6.24. The highest BCUT2D eigenvalue weighted by Crippen LogP contribution is 1.98. The van der Waals surface area contributed by atoms with Crippen LogP contribution in [-0.2, 0) is 14.4 Å². The van der Waals surface area contributed by atoms with E-state index in [4.69, 9.17) is 10.8 Å². The van der Waals surface area contributed by atoms with Gasteiger partial charge in [-0.2, -0.15) is 0 Å². The van der Waals surface area contributed by atoms with Gasteiger partial charge in [-0.3, -0.25) is 14.4 Å². The lowest BCUT2D eigenvalue weighted by Gasteiger charge is -2.19. The number of nitrogens with two attached hydrogens (primary N) is 1. The summed E-state index contributed by atoms with van der Waals surface area (Å²) in [4.78, 5) is 34.9. The molecule has 0 aromatic rings. The van der Waals surface area contributed by atoms with Crippen LogP contribution in [0.15, 0.2) is 0 Å². The molecule has 1 atom stereocenters. The van der Waals surface area contributed by atoms with Crippen LogP contribution in [0.1, 0.15) is 26.7 Å². The zero-order chi connectivity index (χ0) is 15.0. The van der Waals surface area contributed by atoms with E-state index in [-0.39, 0.29) is 30.7 Å². The van der Waals surface area contributed by atoms with Crippen LogP contribution in [0.4, 0.5) is 0 Å². The second kappa shape index (κ2) is 8.47. The summed E-state index contributed by atoms with van der Waals surface area (Å²) in [5.41, 5.74) is 5.63. The third-order valence-electron chi connectivity index (χ3n) is 2.74. The molecule has 7 nitrogen and oxygen atoms in total. The number of amides is 2. The summed E-state index contributed by atoms with van der Waals surface area (Å²) in [6.07, 6.45) is 0.402. The molecule has 0 aromatic heterocycles. The van der Waals surface area contributed by atoms with Gasteiger partial charge in [-0.05, 0) is 12.3 Å². The summed E-state index contributed by atoms with van der Waals surface area (Å²) in [6, 6.07) is -0.634. The molecule has 0 aliphatic heterocycles. The van der Waals surface area contributed by atoms with Crippen LogP contribution in [0.2, 0.25) is 0 Å². The van der Waals surface area contributed by atoms with Crippen LogP contribution in [0.25, 0.3) is 0 Å². The van der Waals surface area contributed by atoms with Crippen molar-refractivity contribution < 1.29 is 19.5 Å². The lowest BCUT2D eigenvalue weighted by molar-refractivity contribution is -0.138. The quantitative estimate of drug-likeness (QED) is 0.547. The first-order valence-corrected chi connectivity index (χ1v) is 6.24. The summed E-state index contributed by atoms with van der Waals surface area (Å²) in [5.74, 6) is -1.52. The SMILES string of the molecule is CC(C)[C@H](N)C(=O)NCC(=O)N(C)CCCC(=O)O. The molecule has 0 saturated heterocycles. The monoisotopic (exact) mass is 273 g/mol. The van der Waals surface area contributed by atoms with Gasteiger partial charge in [-0.1, -0.05) is 13.8 Å². The summed E-state index contributed by atoms with van der Waals surface area (Å²) in [6.45, 7) is 3.87. The number of likely N-dealkylation sites (N-methyl/N-ethyl adjacent to an activating group) is 1. The van der Waals surface area contributed by atoms with Crippen molar-refractivity contribution in [1.82, 2.24) is 10.2 Å². The smallest absolute Gasteiger partial charge is 0.303 e. The number of nitrogens with zero attached hydrogens (tertiary/aromatic N) is 1. The van der Waals surface area contributed by atoms with Gasteiger partial charge in [0.2, 0.25) is 11.8 Å². The minimum atomic E-state index is -0.892. The van der Waals surface area contributed by atoms with E-state index in [0.717, 1.165) is 0 Å². The summed E-state index contributed by atoms with van der Waals surface area (Å²) < 4.78 is 0. The van der Waals surface area contributed by atoms with Crippen molar-refractivity contribution in [2.45, 2.75) is 32.7 Å². The molecule has 4 N–H and O–H groups in total. The Labute approximate surface area is 113 Å². The molecule has 0 aliphatic carbocycles. The van der Waals surface area contributed by atoms with E-state index in [0.29, 0.717) is 13.0 Å². The Morgan fingerprint density at radius 1 is 1.32 bits per heavy atom. The molecule has 0 spiro atoms. The normalized spacial score (nSPS) is 12.1. The van der Waals surface area contributed by atoms with Crippen LogP contribution < -0.4 is 11.1 Å². The van der Waals surface area contributed by atoms with E-state index in [1.807, 2.05) is 13.8 Å². The minimum Gasteiger partial charge on any atom is -0.481 e. The van der Waals surface area contributed by atoms with Crippen molar-refractivity contribution in [2.24, 2.45) is 11.7 Å². The fourth-order valence-corrected chi connectivity index (χ4v) is 1.31. The van der Waals surface area contributed by atoms with Crippen LogP contribution in [0, 0.1) is 5.92 Å². The Morgan fingerprint density at radius 2 is 1.89 bits per heavy atom. The molecule has 0 unspecified atom stereocenters. The van der Waals surface area contributed by atoms with Crippen LogP contribution >= 0.6 is 0 Å². The fourth-order valence-electron chi connectivity index (χ4n) is 1.31. The van der Waals surface area contributed by atoms with Gasteiger partial charge in [-0.15, -0.1) is 0 Å². The molecular weight excluding hydrogens is 250 g/mol. The second-order valence-electron chi connectivity index (χ2n) is 4.80. The van der Waals surface area contributed by atoms with Crippen molar-refractivity contribution in [3.05, 3.63) is 0 Å². The molecule has 0 aromatic carbocycles. The predicted octanol–water partition coefficient (Wildman–Crippen LogP) is -0.591. The van der Waals surface area contributed by atoms with Crippen LogP contribution in [0.3, 0.4) is 0 Å². The maximum atomic E-state index is 11.6. The number of hydrogen-bond donors (Lipinski definition) is 3. The minimum absolute atomic E-state index is 0.00315. The molecule has 0 bridgehead atoms. The van der Waals surface area contributed by atoms with Gasteiger partial charge in [0.15, 0.2) is 0 Å². The highest BCUT2D eigenvalue weighted by Gasteiger charge is 2.18. The third-order valence-corrected chi connectivity index (χ3v) is 2.74. The van der Waals surface area contributed by atoms with Crippen molar-refractivity contribution in [3.63, 3.8) is 0 Å². The summed E-state index contributed by atoms with van der Waals surface area (Å²) in [7, 11) is 1.57. The van der Waals surface area contributed by atoms with E-state index in [1.165, 1.54) is 4.90 Å². The Bertz CT molecular complexity index is 331. The van der Waals surface area contributed by atoms with Gasteiger partial charge in [0.1, 0.15) is 0 Å². The number of aliphatic carboxylic acids is 1. The molecule has 0 heterocycles. The second-order valence-corrected chi connectivity index (χ2v) is 4.80. The molecule has 0 aliphatic rings. The largest absolute Gasteiger partial charge is 0.481 e. The topological polar surface area (TPSA) is 113 Å². The molecule has 0 saturated carbocycles. The average molecular weight is 273 g/mol. The highest BCUT2D eigenvalue weighted by atomic mass is 16.4. The lowest BCUT2D eigenvalue weighted by atomic mass is 10.1. The first kappa shape index (κ1) is 17.4. The summed E-state index contributed by atoms with van der Waals surface area (Å²) >= 11 is 0. The molecule has 110 valence electrons. The molecule has 7 heteroatoms. The standard InChI is InChI=1S/C12H23N3O4/c1-8(2)11(13)12(19)14-7-9(16)15(3)6-4-5-10(17)18/h8,11H,4-7,13H2,1-3H3,(H,14,19)(H,17,18)/t11-/m0/s1. The number of nitrogens with one attached hydrogen (secondary N) is 1. The van der Waals surface area contributed by atoms with Gasteiger partial charge in [-0.25, -0.2) is 0 Å². The molecule has 2 amide bonds. The Hall–Kier alpha value is -1.63. The first-order chi connectivity index (χ1) is 8.75. The number of carbonyl (C=O) groups excluding carboxylic acids is 2. The van der Waals surface area contributed by atoms with Gasteiger partial charge < -0.3 is 21.1 Å². The molecular formula is C12H23N3O4.